The van der Waals surface area contributed by atoms with Gasteiger partial charge >= 0.3 is 6.03 Å². The summed E-state index contributed by atoms with van der Waals surface area (Å²) in [5, 5.41) is 12.2. The quantitative estimate of drug-likeness (QED) is 0.512. The number of urea groups is 1. The first kappa shape index (κ1) is 26.5. The van der Waals surface area contributed by atoms with E-state index in [9.17, 15) is 19.6 Å². The van der Waals surface area contributed by atoms with Gasteiger partial charge in [0.15, 0.2) is 12.4 Å². The molecule has 39 heavy (non-hydrogen) atoms. The van der Waals surface area contributed by atoms with Crippen LogP contribution in [0, 0.1) is 11.3 Å². The van der Waals surface area contributed by atoms with E-state index in [4.69, 9.17) is 18.9 Å². The Bertz CT molecular complexity index is 1310. The monoisotopic (exact) mass is 536 g/mol. The van der Waals surface area contributed by atoms with Gasteiger partial charge in [0.1, 0.15) is 47.4 Å². The highest BCUT2D eigenvalue weighted by atomic mass is 16.6. The summed E-state index contributed by atoms with van der Waals surface area (Å²) in [7, 11) is 1.56. The number of morpholine rings is 1. The van der Waals surface area contributed by atoms with Crippen LogP contribution in [-0.4, -0.2) is 91.9 Å². The Morgan fingerprint density at radius 3 is 2.90 bits per heavy atom. The lowest BCUT2D eigenvalue weighted by Gasteiger charge is -2.30. The Labute approximate surface area is 224 Å². The molecule has 0 radical (unpaired) electrons. The molecule has 13 nitrogen and oxygen atoms in total. The van der Waals surface area contributed by atoms with E-state index in [2.05, 4.69) is 15.3 Å². The molecule has 1 N–H and O–H groups in total. The molecule has 3 aliphatic heterocycles. The van der Waals surface area contributed by atoms with E-state index in [1.807, 2.05) is 12.1 Å². The number of carbonyl (C=O) groups is 3. The average Bonchev–Trinajstić information content (AvgIpc) is 3.40. The van der Waals surface area contributed by atoms with Gasteiger partial charge in [0.05, 0.1) is 26.0 Å². The van der Waals surface area contributed by atoms with E-state index < -0.39 is 12.1 Å². The third-order valence-corrected chi connectivity index (χ3v) is 6.86. The molecular formula is C26H28N6O7. The summed E-state index contributed by atoms with van der Waals surface area (Å²) in [4.78, 5) is 49.2. The number of nitrogens with zero attached hydrogens (tertiary/aromatic N) is 5. The van der Waals surface area contributed by atoms with Crippen LogP contribution in [0.1, 0.15) is 33.6 Å². The number of fused-ring (bicyclic) bond motifs is 1. The van der Waals surface area contributed by atoms with Crippen LogP contribution in [-0.2, 0) is 32.0 Å². The molecule has 2 aromatic heterocycles. The fourth-order valence-corrected chi connectivity index (χ4v) is 4.78. The molecule has 2 saturated heterocycles. The van der Waals surface area contributed by atoms with E-state index in [0.29, 0.717) is 63.4 Å². The number of rotatable bonds is 7. The standard InChI is InChI=1S/C26H28N6O7/c1-36-21-13-38-14-22(21)39-20-8-23(28-10-18(20)9-27)30-26(35)32-4-2-3-16-7-17(19(12-33)29-25(16)32)11-31-5-6-37-15-24(31)34/h7-8,10,12,21-22H,2-6,11,13-15H2,1H3,(H,28,30,35)/t21-,22?/m1/s1. The van der Waals surface area contributed by atoms with Crippen molar-refractivity contribution in [1.82, 2.24) is 14.9 Å². The minimum Gasteiger partial charge on any atom is -0.484 e. The fraction of sp³-hybridized carbons (Fsp3) is 0.462. The lowest BCUT2D eigenvalue weighted by molar-refractivity contribution is -0.143. The van der Waals surface area contributed by atoms with Crippen LogP contribution >= 0.6 is 0 Å². The molecule has 0 spiro atoms. The van der Waals surface area contributed by atoms with Crippen molar-refractivity contribution in [3.05, 3.63) is 40.7 Å². The number of pyridine rings is 2. The lowest BCUT2D eigenvalue weighted by atomic mass is 10.0. The first-order valence-corrected chi connectivity index (χ1v) is 12.6. The zero-order valence-corrected chi connectivity index (χ0v) is 21.4. The van der Waals surface area contributed by atoms with Gasteiger partial charge in [0, 0.05) is 38.4 Å². The van der Waals surface area contributed by atoms with Crippen molar-refractivity contribution in [3.63, 3.8) is 0 Å². The zero-order valence-electron chi connectivity index (χ0n) is 21.4. The summed E-state index contributed by atoms with van der Waals surface area (Å²) in [6.45, 7) is 2.21. The van der Waals surface area contributed by atoms with E-state index in [0.717, 1.165) is 5.56 Å². The Hall–Kier alpha value is -4.12. The lowest BCUT2D eigenvalue weighted by Crippen LogP contribution is -2.42. The van der Waals surface area contributed by atoms with Crippen LogP contribution < -0.4 is 15.0 Å². The molecule has 0 aliphatic carbocycles. The van der Waals surface area contributed by atoms with Gasteiger partial charge in [-0.05, 0) is 24.5 Å². The predicted molar refractivity (Wildman–Crippen MR) is 136 cm³/mol. The van der Waals surface area contributed by atoms with Gasteiger partial charge in [-0.15, -0.1) is 0 Å². The first-order valence-electron chi connectivity index (χ1n) is 12.6. The van der Waals surface area contributed by atoms with Gasteiger partial charge in [-0.1, -0.05) is 0 Å². The number of carbonyl (C=O) groups excluding carboxylic acids is 3. The van der Waals surface area contributed by atoms with Crippen LogP contribution in [0.4, 0.5) is 16.4 Å². The molecule has 2 aromatic rings. The molecule has 13 heteroatoms. The second-order valence-corrected chi connectivity index (χ2v) is 9.33. The number of aryl methyl sites for hydroxylation is 1. The zero-order chi connectivity index (χ0) is 27.4. The van der Waals surface area contributed by atoms with Crippen molar-refractivity contribution in [2.75, 3.05) is 56.8 Å². The van der Waals surface area contributed by atoms with Gasteiger partial charge in [0.25, 0.3) is 0 Å². The summed E-state index contributed by atoms with van der Waals surface area (Å²) >= 11 is 0. The fourth-order valence-electron chi connectivity index (χ4n) is 4.78. The van der Waals surface area contributed by atoms with Crippen molar-refractivity contribution in [2.24, 2.45) is 0 Å². The number of ether oxygens (including phenoxy) is 4. The Kier molecular flexibility index (Phi) is 7.97. The van der Waals surface area contributed by atoms with Crippen molar-refractivity contribution in [3.8, 4) is 11.8 Å². The molecule has 0 saturated carbocycles. The molecule has 2 fully saturated rings. The van der Waals surface area contributed by atoms with Gasteiger partial charge < -0.3 is 23.8 Å². The van der Waals surface area contributed by atoms with Crippen LogP contribution in [0.3, 0.4) is 0 Å². The Morgan fingerprint density at radius 1 is 1.28 bits per heavy atom. The number of aldehydes is 1. The predicted octanol–water partition coefficient (Wildman–Crippen LogP) is 1.30. The van der Waals surface area contributed by atoms with Gasteiger partial charge in [0.2, 0.25) is 5.91 Å². The van der Waals surface area contributed by atoms with Gasteiger partial charge in [-0.3, -0.25) is 19.8 Å². The number of anilines is 2. The number of amides is 3. The summed E-state index contributed by atoms with van der Waals surface area (Å²) in [5.74, 6) is 0.678. The van der Waals surface area contributed by atoms with E-state index in [1.165, 1.54) is 17.2 Å². The molecule has 3 aliphatic rings. The first-order chi connectivity index (χ1) is 19.0. The number of nitrogens with one attached hydrogen (secondary N) is 1. The topological polar surface area (TPSA) is 156 Å². The minimum absolute atomic E-state index is 0.0142. The highest BCUT2D eigenvalue weighted by molar-refractivity contribution is 6.01. The molecular weight excluding hydrogens is 508 g/mol. The molecule has 0 aromatic carbocycles. The minimum atomic E-state index is -0.487. The number of aromatic nitrogens is 2. The largest absolute Gasteiger partial charge is 0.484 e. The van der Waals surface area contributed by atoms with Crippen LogP contribution in [0.25, 0.3) is 0 Å². The van der Waals surface area contributed by atoms with Crippen LogP contribution in [0.5, 0.6) is 5.75 Å². The van der Waals surface area contributed by atoms with Crippen molar-refractivity contribution < 1.29 is 33.3 Å². The third kappa shape index (κ3) is 5.68. The number of methoxy groups -OCH3 is 1. The summed E-state index contributed by atoms with van der Waals surface area (Å²) in [6.07, 6.45) is 2.64. The van der Waals surface area contributed by atoms with Gasteiger partial charge in [-0.25, -0.2) is 14.8 Å². The summed E-state index contributed by atoms with van der Waals surface area (Å²) in [6, 6.07) is 4.88. The van der Waals surface area contributed by atoms with E-state index >= 15 is 0 Å². The Morgan fingerprint density at radius 2 is 2.13 bits per heavy atom. The second kappa shape index (κ2) is 11.7. The SMILES string of the molecule is CO[C@@H]1COCC1Oc1cc(NC(=O)N2CCCc3cc(CN4CCOCC4=O)c(C=O)nc32)ncc1C#N. The summed E-state index contributed by atoms with van der Waals surface area (Å²) < 4.78 is 21.9. The van der Waals surface area contributed by atoms with Crippen molar-refractivity contribution in [1.29, 1.82) is 5.26 Å². The van der Waals surface area contributed by atoms with Gasteiger partial charge in [-0.2, -0.15) is 5.26 Å². The number of hydrogen-bond acceptors (Lipinski definition) is 10. The molecule has 0 bridgehead atoms. The second-order valence-electron chi connectivity index (χ2n) is 9.33. The van der Waals surface area contributed by atoms with Crippen LogP contribution in [0.2, 0.25) is 0 Å². The Balaban J connectivity index is 1.35. The highest BCUT2D eigenvalue weighted by Crippen LogP contribution is 2.29. The normalized spacial score (nSPS) is 20.8. The molecule has 5 rings (SSSR count). The number of nitriles is 1. The molecule has 3 amide bonds. The molecule has 2 atom stereocenters. The summed E-state index contributed by atoms with van der Waals surface area (Å²) in [5.41, 5.74) is 1.82. The third-order valence-electron chi connectivity index (χ3n) is 6.86. The smallest absolute Gasteiger partial charge is 0.328 e. The highest BCUT2D eigenvalue weighted by Gasteiger charge is 2.31. The molecule has 5 heterocycles. The maximum absolute atomic E-state index is 13.3. The maximum atomic E-state index is 13.3. The average molecular weight is 537 g/mol. The van der Waals surface area contributed by atoms with E-state index in [-0.39, 0.29) is 48.0 Å². The molecule has 204 valence electrons. The van der Waals surface area contributed by atoms with Crippen molar-refractivity contribution >= 4 is 29.9 Å². The maximum Gasteiger partial charge on any atom is 0.328 e. The van der Waals surface area contributed by atoms with E-state index in [1.54, 1.807) is 12.0 Å². The van der Waals surface area contributed by atoms with Crippen LogP contribution in [0.15, 0.2) is 18.3 Å². The molecule has 1 unspecified atom stereocenters. The number of hydrogen-bond donors (Lipinski definition) is 1. The van der Waals surface area contributed by atoms with Crippen molar-refractivity contribution in [2.45, 2.75) is 31.6 Å².